The monoisotopic (exact) mass is 326 g/mol. The van der Waals surface area contributed by atoms with E-state index in [2.05, 4.69) is 10.2 Å². The van der Waals surface area contributed by atoms with Crippen LogP contribution >= 0.6 is 12.4 Å². The zero-order chi connectivity index (χ0) is 15.4. The Morgan fingerprint density at radius 2 is 1.95 bits per heavy atom. The summed E-state index contributed by atoms with van der Waals surface area (Å²) in [6, 6.07) is 4.58. The molecule has 1 aliphatic heterocycles. The van der Waals surface area contributed by atoms with E-state index in [4.69, 9.17) is 11.5 Å². The molecule has 1 heterocycles. The number of hydrogen-bond donors (Lipinski definition) is 3. The van der Waals surface area contributed by atoms with Crippen LogP contribution in [0.1, 0.15) is 36.5 Å². The highest BCUT2D eigenvalue weighted by Crippen LogP contribution is 2.30. The van der Waals surface area contributed by atoms with Crippen molar-refractivity contribution in [1.82, 2.24) is 0 Å². The van der Waals surface area contributed by atoms with Crippen molar-refractivity contribution in [2.24, 2.45) is 11.5 Å². The highest BCUT2D eigenvalue weighted by atomic mass is 35.5. The molecule has 1 saturated heterocycles. The maximum absolute atomic E-state index is 12.0. The van der Waals surface area contributed by atoms with E-state index >= 15 is 0 Å². The number of hydrogen-bond acceptors (Lipinski definition) is 4. The van der Waals surface area contributed by atoms with Crippen molar-refractivity contribution >= 4 is 35.6 Å². The van der Waals surface area contributed by atoms with Crippen molar-refractivity contribution in [3.05, 3.63) is 23.8 Å². The molecule has 1 aromatic carbocycles. The van der Waals surface area contributed by atoms with E-state index in [9.17, 15) is 9.59 Å². The molecule has 0 aliphatic carbocycles. The van der Waals surface area contributed by atoms with Crippen molar-refractivity contribution in [2.75, 3.05) is 23.3 Å². The second-order valence-corrected chi connectivity index (χ2v) is 5.29. The van der Waals surface area contributed by atoms with Gasteiger partial charge in [-0.1, -0.05) is 6.92 Å². The first-order valence-electron chi connectivity index (χ1n) is 7.28. The van der Waals surface area contributed by atoms with Gasteiger partial charge in [-0.25, -0.2) is 0 Å². The molecule has 2 rings (SSSR count). The van der Waals surface area contributed by atoms with E-state index in [-0.39, 0.29) is 18.3 Å². The molecule has 0 unspecified atom stereocenters. The second kappa shape index (κ2) is 8.00. The third-order valence-corrected chi connectivity index (χ3v) is 3.76. The molecular weight excluding hydrogens is 304 g/mol. The lowest BCUT2D eigenvalue weighted by Gasteiger charge is -2.22. The summed E-state index contributed by atoms with van der Waals surface area (Å²) in [6.07, 6.45) is 2.80. The minimum atomic E-state index is -0.561. The van der Waals surface area contributed by atoms with Gasteiger partial charge in [0.25, 0.3) is 0 Å². The SMILES string of the molecule is CC[C@H](N)C(=O)Nc1cc(C(N)=O)ccc1N1CCCC1.Cl. The Hall–Kier alpha value is -1.79. The van der Waals surface area contributed by atoms with Crippen LogP contribution < -0.4 is 21.7 Å². The maximum Gasteiger partial charge on any atom is 0.248 e. The van der Waals surface area contributed by atoms with Gasteiger partial charge in [-0.2, -0.15) is 0 Å². The van der Waals surface area contributed by atoms with Gasteiger partial charge in [-0.15, -0.1) is 12.4 Å². The van der Waals surface area contributed by atoms with E-state index in [0.717, 1.165) is 31.6 Å². The third-order valence-electron chi connectivity index (χ3n) is 3.76. The molecule has 2 amide bonds. The summed E-state index contributed by atoms with van der Waals surface area (Å²) in [4.78, 5) is 25.5. The lowest BCUT2D eigenvalue weighted by Crippen LogP contribution is -2.35. The number of nitrogens with zero attached hydrogens (tertiary/aromatic N) is 1. The lowest BCUT2D eigenvalue weighted by atomic mass is 10.1. The molecule has 1 aliphatic rings. The molecule has 0 bridgehead atoms. The van der Waals surface area contributed by atoms with Crippen LogP contribution in [0.4, 0.5) is 11.4 Å². The molecule has 1 fully saturated rings. The number of benzene rings is 1. The second-order valence-electron chi connectivity index (χ2n) is 5.29. The summed E-state index contributed by atoms with van der Waals surface area (Å²) in [6.45, 7) is 3.74. The fourth-order valence-electron chi connectivity index (χ4n) is 2.43. The van der Waals surface area contributed by atoms with Crippen molar-refractivity contribution in [1.29, 1.82) is 0 Å². The predicted molar refractivity (Wildman–Crippen MR) is 90.6 cm³/mol. The van der Waals surface area contributed by atoms with E-state index in [1.165, 1.54) is 0 Å². The Balaban J connectivity index is 0.00000242. The number of nitrogens with two attached hydrogens (primary N) is 2. The topological polar surface area (TPSA) is 101 Å². The smallest absolute Gasteiger partial charge is 0.248 e. The number of halogens is 1. The molecule has 7 heteroatoms. The van der Waals surface area contributed by atoms with Crippen molar-refractivity contribution < 1.29 is 9.59 Å². The van der Waals surface area contributed by atoms with Gasteiger partial charge in [0.15, 0.2) is 0 Å². The van der Waals surface area contributed by atoms with Gasteiger partial charge >= 0.3 is 0 Å². The van der Waals surface area contributed by atoms with Gasteiger partial charge in [0.1, 0.15) is 0 Å². The quantitative estimate of drug-likeness (QED) is 0.762. The standard InChI is InChI=1S/C15H22N4O2.ClH/c1-2-11(16)15(21)18-12-9-10(14(17)20)5-6-13(12)19-7-3-4-8-19;/h5-6,9,11H,2-4,7-8,16H2,1H3,(H2,17,20)(H,18,21);1H/t11-;/m0./s1. The minimum absolute atomic E-state index is 0. The average molecular weight is 327 g/mol. The summed E-state index contributed by atoms with van der Waals surface area (Å²) in [5.74, 6) is -0.766. The van der Waals surface area contributed by atoms with E-state index in [1.807, 2.05) is 13.0 Å². The van der Waals surface area contributed by atoms with Gasteiger partial charge in [-0.3, -0.25) is 9.59 Å². The number of carbonyl (C=O) groups excluding carboxylic acids is 2. The van der Waals surface area contributed by atoms with Gasteiger partial charge < -0.3 is 21.7 Å². The predicted octanol–water partition coefficient (Wildman–Crippen LogP) is 1.48. The van der Waals surface area contributed by atoms with Crippen LogP contribution in [0.2, 0.25) is 0 Å². The van der Waals surface area contributed by atoms with E-state index in [0.29, 0.717) is 17.7 Å². The van der Waals surface area contributed by atoms with Crippen LogP contribution in [0.5, 0.6) is 0 Å². The van der Waals surface area contributed by atoms with Gasteiger partial charge in [0.05, 0.1) is 17.4 Å². The molecule has 22 heavy (non-hydrogen) atoms. The minimum Gasteiger partial charge on any atom is -0.370 e. The fourth-order valence-corrected chi connectivity index (χ4v) is 2.43. The molecule has 0 radical (unpaired) electrons. The number of carbonyl (C=O) groups is 2. The summed E-state index contributed by atoms with van der Waals surface area (Å²) < 4.78 is 0. The van der Waals surface area contributed by atoms with Gasteiger partial charge in [-0.05, 0) is 37.5 Å². The first-order chi connectivity index (χ1) is 10.0. The molecule has 5 N–H and O–H groups in total. The van der Waals surface area contributed by atoms with E-state index < -0.39 is 11.9 Å². The van der Waals surface area contributed by atoms with Crippen LogP contribution in [0, 0.1) is 0 Å². The number of rotatable bonds is 5. The highest BCUT2D eigenvalue weighted by Gasteiger charge is 2.19. The van der Waals surface area contributed by atoms with Crippen molar-refractivity contribution in [3.63, 3.8) is 0 Å². The van der Waals surface area contributed by atoms with Crippen LogP contribution in [0.25, 0.3) is 0 Å². The Kier molecular flexibility index (Phi) is 6.64. The first-order valence-corrected chi connectivity index (χ1v) is 7.28. The number of primary amides is 1. The van der Waals surface area contributed by atoms with Crippen LogP contribution in [0.15, 0.2) is 18.2 Å². The Bertz CT molecular complexity index is 544. The summed E-state index contributed by atoms with van der Waals surface area (Å²) >= 11 is 0. The van der Waals surface area contributed by atoms with Gasteiger partial charge in [0.2, 0.25) is 11.8 Å². The number of anilines is 2. The van der Waals surface area contributed by atoms with Crippen LogP contribution in [-0.2, 0) is 4.79 Å². The Labute approximate surface area is 136 Å². The van der Waals surface area contributed by atoms with Crippen molar-refractivity contribution in [2.45, 2.75) is 32.2 Å². The Morgan fingerprint density at radius 3 is 2.50 bits per heavy atom. The average Bonchev–Trinajstić information content (AvgIpc) is 3.00. The molecule has 0 saturated carbocycles. The largest absolute Gasteiger partial charge is 0.370 e. The van der Waals surface area contributed by atoms with Crippen LogP contribution in [0.3, 0.4) is 0 Å². The summed E-state index contributed by atoms with van der Waals surface area (Å²) in [5, 5.41) is 2.82. The molecule has 122 valence electrons. The van der Waals surface area contributed by atoms with Crippen molar-refractivity contribution in [3.8, 4) is 0 Å². The number of amides is 2. The maximum atomic E-state index is 12.0. The fraction of sp³-hybridized carbons (Fsp3) is 0.467. The molecule has 1 aromatic rings. The third kappa shape index (κ3) is 4.11. The zero-order valence-corrected chi connectivity index (χ0v) is 13.5. The molecule has 0 spiro atoms. The normalized spacial score (nSPS) is 15.1. The molecular formula is C15H23ClN4O2. The highest BCUT2D eigenvalue weighted by molar-refractivity contribution is 6.00. The Morgan fingerprint density at radius 1 is 1.32 bits per heavy atom. The van der Waals surface area contributed by atoms with Gasteiger partial charge in [0, 0.05) is 18.7 Å². The molecule has 0 aromatic heterocycles. The number of nitrogens with one attached hydrogen (secondary N) is 1. The zero-order valence-electron chi connectivity index (χ0n) is 12.7. The van der Waals surface area contributed by atoms with Crippen LogP contribution in [-0.4, -0.2) is 30.9 Å². The molecule has 6 nitrogen and oxygen atoms in total. The lowest BCUT2D eigenvalue weighted by molar-refractivity contribution is -0.117. The molecule has 1 atom stereocenters. The first kappa shape index (κ1) is 18.3. The van der Waals surface area contributed by atoms with E-state index in [1.54, 1.807) is 12.1 Å². The summed E-state index contributed by atoms with van der Waals surface area (Å²) in [5.41, 5.74) is 12.9. The summed E-state index contributed by atoms with van der Waals surface area (Å²) in [7, 11) is 0.